The van der Waals surface area contributed by atoms with Crippen molar-refractivity contribution in [3.8, 4) is 0 Å². The van der Waals surface area contributed by atoms with Crippen LogP contribution >= 0.6 is 0 Å². The van der Waals surface area contributed by atoms with Crippen LogP contribution in [-0.4, -0.2) is 5.78 Å². The second-order valence-corrected chi connectivity index (χ2v) is 6.74. The molecule has 2 atom stereocenters. The van der Waals surface area contributed by atoms with Crippen molar-refractivity contribution in [3.05, 3.63) is 82.9 Å². The number of fused-ring (bicyclic) bond motifs is 1. The molecular weight excluding hydrogens is 268 g/mol. The van der Waals surface area contributed by atoms with Crippen molar-refractivity contribution in [1.29, 1.82) is 0 Å². The Kier molecular flexibility index (Phi) is 3.04. The standard InChI is InChI=1S/C21H20O/c1-15-11-12-21(19(13-15)16-7-3-2-4-8-16)14-17-9-5-6-10-18(17)20(21)22/h2-11,19H,12-14H2,1H3/t19-,21-/m1/s1. The Morgan fingerprint density at radius 3 is 2.50 bits per heavy atom. The topological polar surface area (TPSA) is 17.1 Å². The van der Waals surface area contributed by atoms with Crippen LogP contribution in [0.5, 0.6) is 0 Å². The molecule has 0 N–H and O–H groups in total. The third kappa shape index (κ3) is 1.89. The molecule has 1 spiro atoms. The van der Waals surface area contributed by atoms with Gasteiger partial charge in [0.25, 0.3) is 0 Å². The first kappa shape index (κ1) is 13.5. The third-order valence-electron chi connectivity index (χ3n) is 5.43. The first-order chi connectivity index (χ1) is 10.7. The number of ketones is 1. The molecule has 0 aliphatic heterocycles. The van der Waals surface area contributed by atoms with Crippen molar-refractivity contribution in [1.82, 2.24) is 0 Å². The van der Waals surface area contributed by atoms with E-state index in [0.29, 0.717) is 11.7 Å². The van der Waals surface area contributed by atoms with Gasteiger partial charge in [-0.25, -0.2) is 0 Å². The zero-order valence-corrected chi connectivity index (χ0v) is 12.9. The summed E-state index contributed by atoms with van der Waals surface area (Å²) >= 11 is 0. The fraction of sp³-hybridized carbons (Fsp3) is 0.286. The van der Waals surface area contributed by atoms with Crippen molar-refractivity contribution in [3.63, 3.8) is 0 Å². The summed E-state index contributed by atoms with van der Waals surface area (Å²) in [6, 6.07) is 18.7. The van der Waals surface area contributed by atoms with Crippen molar-refractivity contribution >= 4 is 5.78 Å². The maximum atomic E-state index is 13.2. The summed E-state index contributed by atoms with van der Waals surface area (Å²) in [6.45, 7) is 2.19. The molecule has 4 rings (SSSR count). The average molecular weight is 288 g/mol. The summed E-state index contributed by atoms with van der Waals surface area (Å²) in [4.78, 5) is 13.2. The average Bonchev–Trinajstić information content (AvgIpc) is 2.84. The first-order valence-corrected chi connectivity index (χ1v) is 8.04. The van der Waals surface area contributed by atoms with Gasteiger partial charge in [-0.15, -0.1) is 0 Å². The predicted molar refractivity (Wildman–Crippen MR) is 89.1 cm³/mol. The van der Waals surface area contributed by atoms with E-state index in [1.165, 1.54) is 16.7 Å². The maximum Gasteiger partial charge on any atom is 0.170 e. The second-order valence-electron chi connectivity index (χ2n) is 6.74. The highest BCUT2D eigenvalue weighted by atomic mass is 16.1. The van der Waals surface area contributed by atoms with Crippen LogP contribution < -0.4 is 0 Å². The van der Waals surface area contributed by atoms with Crippen LogP contribution in [0.25, 0.3) is 0 Å². The molecule has 22 heavy (non-hydrogen) atoms. The smallest absolute Gasteiger partial charge is 0.170 e. The lowest BCUT2D eigenvalue weighted by atomic mass is 9.62. The van der Waals surface area contributed by atoms with Crippen LogP contribution in [-0.2, 0) is 6.42 Å². The Balaban J connectivity index is 1.84. The van der Waals surface area contributed by atoms with E-state index in [1.807, 2.05) is 24.3 Å². The summed E-state index contributed by atoms with van der Waals surface area (Å²) in [5, 5.41) is 0. The number of hydrogen-bond donors (Lipinski definition) is 0. The largest absolute Gasteiger partial charge is 0.293 e. The molecule has 0 unspecified atom stereocenters. The Hall–Kier alpha value is -2.15. The number of carbonyl (C=O) groups is 1. The van der Waals surface area contributed by atoms with Crippen LogP contribution in [0.4, 0.5) is 0 Å². The molecule has 0 saturated heterocycles. The van der Waals surface area contributed by atoms with Gasteiger partial charge in [-0.3, -0.25) is 4.79 Å². The Labute approximate surface area is 131 Å². The predicted octanol–water partition coefficient (Wildman–Crippen LogP) is 4.94. The monoisotopic (exact) mass is 288 g/mol. The third-order valence-corrected chi connectivity index (χ3v) is 5.43. The zero-order valence-electron chi connectivity index (χ0n) is 12.9. The SMILES string of the molecule is CC1=CC[C@@]2(Cc3ccccc3C2=O)[C@@H](c2ccccc2)C1. The van der Waals surface area contributed by atoms with Crippen LogP contribution in [0.1, 0.15) is 47.2 Å². The molecule has 2 aromatic carbocycles. The van der Waals surface area contributed by atoms with Crippen molar-refractivity contribution in [2.75, 3.05) is 0 Å². The molecule has 2 aliphatic carbocycles. The summed E-state index contributed by atoms with van der Waals surface area (Å²) in [7, 11) is 0. The summed E-state index contributed by atoms with van der Waals surface area (Å²) in [5.74, 6) is 0.638. The van der Waals surface area contributed by atoms with Gasteiger partial charge < -0.3 is 0 Å². The van der Waals surface area contributed by atoms with Gasteiger partial charge in [-0.2, -0.15) is 0 Å². The molecule has 0 aromatic heterocycles. The molecule has 2 aromatic rings. The fourth-order valence-corrected chi connectivity index (χ4v) is 4.25. The van der Waals surface area contributed by atoms with Crippen LogP contribution in [0, 0.1) is 5.41 Å². The van der Waals surface area contributed by atoms with E-state index in [9.17, 15) is 4.79 Å². The van der Waals surface area contributed by atoms with E-state index in [0.717, 1.165) is 24.8 Å². The Morgan fingerprint density at radius 1 is 1.00 bits per heavy atom. The minimum atomic E-state index is -0.273. The maximum absolute atomic E-state index is 13.2. The van der Waals surface area contributed by atoms with E-state index in [2.05, 4.69) is 43.3 Å². The highest BCUT2D eigenvalue weighted by Gasteiger charge is 2.51. The Bertz CT molecular complexity index is 756. The molecule has 1 nitrogen and oxygen atoms in total. The lowest BCUT2D eigenvalue weighted by Crippen LogP contribution is -2.37. The lowest BCUT2D eigenvalue weighted by Gasteiger charge is -2.39. The minimum absolute atomic E-state index is 0.273. The molecule has 2 aliphatic rings. The van der Waals surface area contributed by atoms with E-state index in [-0.39, 0.29) is 5.41 Å². The van der Waals surface area contributed by atoms with E-state index < -0.39 is 0 Å². The van der Waals surface area contributed by atoms with E-state index in [4.69, 9.17) is 0 Å². The van der Waals surface area contributed by atoms with Gasteiger partial charge in [0.2, 0.25) is 0 Å². The molecule has 110 valence electrons. The highest BCUT2D eigenvalue weighted by Crippen LogP contribution is 2.54. The van der Waals surface area contributed by atoms with Crippen molar-refractivity contribution in [2.45, 2.75) is 32.1 Å². The summed E-state index contributed by atoms with van der Waals surface area (Å²) < 4.78 is 0. The van der Waals surface area contributed by atoms with E-state index in [1.54, 1.807) is 0 Å². The van der Waals surface area contributed by atoms with Crippen LogP contribution in [0.3, 0.4) is 0 Å². The van der Waals surface area contributed by atoms with Crippen molar-refractivity contribution in [2.24, 2.45) is 5.41 Å². The first-order valence-electron chi connectivity index (χ1n) is 8.04. The number of benzene rings is 2. The van der Waals surface area contributed by atoms with Gasteiger partial charge in [-0.05, 0) is 37.3 Å². The summed E-state index contributed by atoms with van der Waals surface area (Å²) in [5.41, 5.74) is 4.60. The molecule has 0 saturated carbocycles. The van der Waals surface area contributed by atoms with E-state index >= 15 is 0 Å². The highest BCUT2D eigenvalue weighted by molar-refractivity contribution is 6.05. The normalized spacial score (nSPS) is 26.9. The van der Waals surface area contributed by atoms with Crippen molar-refractivity contribution < 1.29 is 4.79 Å². The van der Waals surface area contributed by atoms with Gasteiger partial charge in [-0.1, -0.05) is 66.2 Å². The van der Waals surface area contributed by atoms with Gasteiger partial charge in [0.15, 0.2) is 5.78 Å². The summed E-state index contributed by atoms with van der Waals surface area (Å²) in [6.07, 6.45) is 5.02. The van der Waals surface area contributed by atoms with Gasteiger partial charge in [0, 0.05) is 16.9 Å². The Morgan fingerprint density at radius 2 is 1.73 bits per heavy atom. The second kappa shape index (κ2) is 4.95. The molecular formula is C21H20O. The van der Waals surface area contributed by atoms with Gasteiger partial charge >= 0.3 is 0 Å². The fourth-order valence-electron chi connectivity index (χ4n) is 4.25. The molecule has 0 amide bonds. The minimum Gasteiger partial charge on any atom is -0.293 e. The molecule has 0 bridgehead atoms. The lowest BCUT2D eigenvalue weighted by molar-refractivity contribution is 0.0762. The number of carbonyl (C=O) groups excluding carboxylic acids is 1. The molecule has 0 radical (unpaired) electrons. The number of Topliss-reactive ketones (excluding diaryl/α,β-unsaturated/α-hetero) is 1. The molecule has 0 fully saturated rings. The number of rotatable bonds is 1. The number of hydrogen-bond acceptors (Lipinski definition) is 1. The van der Waals surface area contributed by atoms with Gasteiger partial charge in [0.1, 0.15) is 0 Å². The molecule has 1 heteroatoms. The number of allylic oxidation sites excluding steroid dienone is 2. The molecule has 0 heterocycles. The zero-order chi connectivity index (χ0) is 15.2. The van der Waals surface area contributed by atoms with Crippen LogP contribution in [0.15, 0.2) is 66.2 Å². The quantitative estimate of drug-likeness (QED) is 0.680. The van der Waals surface area contributed by atoms with Crippen LogP contribution in [0.2, 0.25) is 0 Å². The van der Waals surface area contributed by atoms with Gasteiger partial charge in [0.05, 0.1) is 0 Å².